The molecule has 0 saturated heterocycles. The van der Waals surface area contributed by atoms with Crippen molar-refractivity contribution >= 4 is 34.4 Å². The van der Waals surface area contributed by atoms with Gasteiger partial charge in [0, 0.05) is 12.1 Å². The summed E-state index contributed by atoms with van der Waals surface area (Å²) in [5.41, 5.74) is -1.14. The molecular weight excluding hydrogens is 404 g/mol. The van der Waals surface area contributed by atoms with Crippen LogP contribution in [0.2, 0.25) is 0 Å². The van der Waals surface area contributed by atoms with Crippen LogP contribution in [0.3, 0.4) is 0 Å². The standard InChI is InChI=1S/C21H30N4O4S/c26-17(24-21(11-12-21)18(27)28)16-13-22-19(30-16)23-20(29)25(14-7-3-1-4-8-14)15-9-5-2-6-10-15/h13-15H,1-12H2,(H,24,26)(H,27,28)(H,22,23,29). The molecule has 3 fully saturated rings. The van der Waals surface area contributed by atoms with E-state index in [2.05, 4.69) is 20.5 Å². The van der Waals surface area contributed by atoms with Crippen LogP contribution in [-0.2, 0) is 4.79 Å². The number of anilines is 1. The fourth-order valence-electron chi connectivity index (χ4n) is 4.74. The number of aromatic nitrogens is 1. The zero-order chi connectivity index (χ0) is 21.1. The minimum Gasteiger partial charge on any atom is -0.480 e. The van der Waals surface area contributed by atoms with Gasteiger partial charge < -0.3 is 15.3 Å². The number of thiazole rings is 1. The normalized spacial score (nSPS) is 21.6. The summed E-state index contributed by atoms with van der Waals surface area (Å²) < 4.78 is 0. The molecule has 0 unspecified atom stereocenters. The van der Waals surface area contributed by atoms with Crippen LogP contribution in [0.15, 0.2) is 6.20 Å². The van der Waals surface area contributed by atoms with Gasteiger partial charge in [0.1, 0.15) is 10.4 Å². The van der Waals surface area contributed by atoms with Crippen molar-refractivity contribution in [1.82, 2.24) is 15.2 Å². The Morgan fingerprint density at radius 2 is 1.57 bits per heavy atom. The molecule has 1 aromatic rings. The van der Waals surface area contributed by atoms with Gasteiger partial charge in [-0.2, -0.15) is 0 Å². The Balaban J connectivity index is 1.42. The number of rotatable bonds is 6. The van der Waals surface area contributed by atoms with Crippen molar-refractivity contribution < 1.29 is 19.5 Å². The maximum atomic E-state index is 13.2. The first-order valence-corrected chi connectivity index (χ1v) is 11.9. The number of carbonyl (C=O) groups is 3. The van der Waals surface area contributed by atoms with E-state index in [9.17, 15) is 19.5 Å². The Morgan fingerprint density at radius 1 is 1.00 bits per heavy atom. The van der Waals surface area contributed by atoms with Gasteiger partial charge >= 0.3 is 12.0 Å². The van der Waals surface area contributed by atoms with E-state index in [1.165, 1.54) is 19.0 Å². The second kappa shape index (κ2) is 8.91. The van der Waals surface area contributed by atoms with Crippen LogP contribution in [-0.4, -0.2) is 50.5 Å². The Hall–Kier alpha value is -2.16. The predicted octanol–water partition coefficient (Wildman–Crippen LogP) is 3.99. The van der Waals surface area contributed by atoms with Crippen molar-refractivity contribution in [1.29, 1.82) is 0 Å². The highest BCUT2D eigenvalue weighted by Gasteiger charge is 2.51. The predicted molar refractivity (Wildman–Crippen MR) is 114 cm³/mol. The van der Waals surface area contributed by atoms with Crippen LogP contribution >= 0.6 is 11.3 Å². The third-order valence-electron chi connectivity index (χ3n) is 6.63. The first-order valence-electron chi connectivity index (χ1n) is 11.1. The van der Waals surface area contributed by atoms with E-state index in [-0.39, 0.29) is 18.1 Å². The van der Waals surface area contributed by atoms with Crippen LogP contribution in [0.5, 0.6) is 0 Å². The summed E-state index contributed by atoms with van der Waals surface area (Å²) in [6.45, 7) is 0. The summed E-state index contributed by atoms with van der Waals surface area (Å²) in [6, 6.07) is 0.420. The highest BCUT2D eigenvalue weighted by molar-refractivity contribution is 7.17. The Labute approximate surface area is 180 Å². The molecule has 3 N–H and O–H groups in total. The lowest BCUT2D eigenvalue weighted by molar-refractivity contribution is -0.140. The van der Waals surface area contributed by atoms with Crippen LogP contribution in [0.4, 0.5) is 9.93 Å². The molecule has 0 atom stereocenters. The summed E-state index contributed by atoms with van der Waals surface area (Å²) >= 11 is 1.09. The van der Waals surface area contributed by atoms with Crippen molar-refractivity contribution in [2.45, 2.75) is 94.7 Å². The molecular formula is C21H30N4O4S. The van der Waals surface area contributed by atoms with Crippen LogP contribution in [0, 0.1) is 0 Å². The molecule has 3 aliphatic rings. The molecule has 0 bridgehead atoms. The number of urea groups is 1. The smallest absolute Gasteiger partial charge is 0.329 e. The fraction of sp³-hybridized carbons (Fsp3) is 0.714. The van der Waals surface area contributed by atoms with Gasteiger partial charge in [-0.05, 0) is 38.5 Å². The number of aliphatic carboxylic acids is 1. The molecule has 1 aromatic heterocycles. The SMILES string of the molecule is O=C(NC1(C(=O)O)CC1)c1cnc(NC(=O)N(C2CCCCC2)C2CCCCC2)s1. The van der Waals surface area contributed by atoms with Gasteiger partial charge in [-0.3, -0.25) is 10.1 Å². The van der Waals surface area contributed by atoms with E-state index in [0.717, 1.165) is 62.7 Å². The zero-order valence-corrected chi connectivity index (χ0v) is 18.0. The molecule has 3 aliphatic carbocycles. The topological polar surface area (TPSA) is 112 Å². The summed E-state index contributed by atoms with van der Waals surface area (Å²) in [7, 11) is 0. The third kappa shape index (κ3) is 4.61. The van der Waals surface area contributed by atoms with Crippen molar-refractivity contribution in [2.75, 3.05) is 5.32 Å². The van der Waals surface area contributed by atoms with E-state index in [1.54, 1.807) is 0 Å². The molecule has 0 spiro atoms. The highest BCUT2D eigenvalue weighted by atomic mass is 32.1. The van der Waals surface area contributed by atoms with Gasteiger partial charge in [0.2, 0.25) is 0 Å². The summed E-state index contributed by atoms with van der Waals surface area (Å²) in [5.74, 6) is -1.46. The second-order valence-corrected chi connectivity index (χ2v) is 9.82. The van der Waals surface area contributed by atoms with E-state index in [4.69, 9.17) is 0 Å². The first-order chi connectivity index (χ1) is 14.5. The maximum absolute atomic E-state index is 13.2. The monoisotopic (exact) mass is 434 g/mol. The minimum absolute atomic E-state index is 0.126. The van der Waals surface area contributed by atoms with E-state index < -0.39 is 17.4 Å². The molecule has 8 nitrogen and oxygen atoms in total. The first kappa shape index (κ1) is 21.1. The number of nitrogens with zero attached hydrogens (tertiary/aromatic N) is 2. The van der Waals surface area contributed by atoms with Crippen molar-refractivity contribution in [3.05, 3.63) is 11.1 Å². The number of amides is 3. The molecule has 9 heteroatoms. The van der Waals surface area contributed by atoms with E-state index in [1.807, 2.05) is 0 Å². The molecule has 0 aromatic carbocycles. The van der Waals surface area contributed by atoms with Crippen LogP contribution in [0.1, 0.15) is 86.7 Å². The molecule has 0 radical (unpaired) electrons. The molecule has 30 heavy (non-hydrogen) atoms. The highest BCUT2D eigenvalue weighted by Crippen LogP contribution is 2.36. The number of hydrogen-bond donors (Lipinski definition) is 3. The molecule has 1 heterocycles. The lowest BCUT2D eigenvalue weighted by Crippen LogP contribution is -2.50. The van der Waals surface area contributed by atoms with E-state index in [0.29, 0.717) is 22.9 Å². The van der Waals surface area contributed by atoms with Gasteiger partial charge in [0.15, 0.2) is 5.13 Å². The quantitative estimate of drug-likeness (QED) is 0.627. The van der Waals surface area contributed by atoms with Gasteiger partial charge in [0.05, 0.1) is 6.20 Å². The van der Waals surface area contributed by atoms with Crippen molar-refractivity contribution in [2.24, 2.45) is 0 Å². The number of hydrogen-bond acceptors (Lipinski definition) is 5. The molecule has 164 valence electrons. The number of nitrogens with one attached hydrogen (secondary N) is 2. The maximum Gasteiger partial charge on any atom is 0.329 e. The van der Waals surface area contributed by atoms with Crippen molar-refractivity contribution in [3.63, 3.8) is 0 Å². The Kier molecular flexibility index (Phi) is 6.26. The van der Waals surface area contributed by atoms with E-state index >= 15 is 0 Å². The molecule has 4 rings (SSSR count). The van der Waals surface area contributed by atoms with Gasteiger partial charge in [-0.15, -0.1) is 0 Å². The number of carboxylic acid groups (broad SMARTS) is 1. The molecule has 3 saturated carbocycles. The van der Waals surface area contributed by atoms with Crippen LogP contribution < -0.4 is 10.6 Å². The van der Waals surface area contributed by atoms with Gasteiger partial charge in [0.25, 0.3) is 5.91 Å². The average molecular weight is 435 g/mol. The minimum atomic E-state index is -1.14. The average Bonchev–Trinajstić information content (AvgIpc) is 3.39. The summed E-state index contributed by atoms with van der Waals surface area (Å²) in [6.07, 6.45) is 13.6. The zero-order valence-electron chi connectivity index (χ0n) is 17.2. The molecule has 0 aliphatic heterocycles. The summed E-state index contributed by atoms with van der Waals surface area (Å²) in [4.78, 5) is 43.5. The number of carbonyl (C=O) groups excluding carboxylic acids is 2. The van der Waals surface area contributed by atoms with Gasteiger partial charge in [-0.25, -0.2) is 14.6 Å². The summed E-state index contributed by atoms with van der Waals surface area (Å²) in [5, 5.41) is 15.1. The number of carboxylic acids is 1. The third-order valence-corrected chi connectivity index (χ3v) is 7.54. The Bertz CT molecular complexity index is 777. The fourth-order valence-corrected chi connectivity index (χ4v) is 5.44. The lowest BCUT2D eigenvalue weighted by atomic mass is 9.89. The lowest BCUT2D eigenvalue weighted by Gasteiger charge is -2.41. The molecule has 3 amide bonds. The Morgan fingerprint density at radius 3 is 2.07 bits per heavy atom. The largest absolute Gasteiger partial charge is 0.480 e. The van der Waals surface area contributed by atoms with Crippen LogP contribution in [0.25, 0.3) is 0 Å². The van der Waals surface area contributed by atoms with Crippen molar-refractivity contribution in [3.8, 4) is 0 Å². The van der Waals surface area contributed by atoms with Gasteiger partial charge in [-0.1, -0.05) is 49.9 Å². The second-order valence-electron chi connectivity index (χ2n) is 8.79.